The molecule has 0 spiro atoms. The zero-order valence-corrected chi connectivity index (χ0v) is 17.3. The van der Waals surface area contributed by atoms with Crippen LogP contribution in [0.4, 0.5) is 4.39 Å². The Morgan fingerprint density at radius 1 is 1.19 bits per heavy atom. The van der Waals surface area contributed by atoms with Crippen molar-refractivity contribution in [1.82, 2.24) is 20.2 Å². The Morgan fingerprint density at radius 2 is 2.10 bits per heavy atom. The summed E-state index contributed by atoms with van der Waals surface area (Å²) < 4.78 is 24.6. The maximum Gasteiger partial charge on any atom is 0.276 e. The van der Waals surface area contributed by atoms with E-state index in [1.54, 1.807) is 29.2 Å². The minimum atomic E-state index is -0.390. The Bertz CT molecular complexity index is 1190. The molecule has 3 aromatic heterocycles. The summed E-state index contributed by atoms with van der Waals surface area (Å²) >= 11 is 1.53. The standard InChI is InChI=1S/C22H19FN4O3S/c23-16-7-2-1-6-15(16)21-24-20(30-26-21)11-14-5-3-9-27(13-14)22(28)17-12-18(29-25-17)19-8-4-10-31-19/h1-2,4,6-8,10,12,14H,3,5,9,11,13H2. The second kappa shape index (κ2) is 8.43. The molecule has 0 radical (unpaired) electrons. The van der Waals surface area contributed by atoms with Gasteiger partial charge in [0, 0.05) is 25.6 Å². The Hall–Kier alpha value is -3.33. The van der Waals surface area contributed by atoms with E-state index >= 15 is 0 Å². The Balaban J connectivity index is 1.25. The smallest absolute Gasteiger partial charge is 0.276 e. The van der Waals surface area contributed by atoms with E-state index in [4.69, 9.17) is 9.05 Å². The van der Waals surface area contributed by atoms with E-state index in [9.17, 15) is 9.18 Å². The van der Waals surface area contributed by atoms with Crippen molar-refractivity contribution in [3.8, 4) is 22.0 Å². The van der Waals surface area contributed by atoms with Crippen LogP contribution < -0.4 is 0 Å². The van der Waals surface area contributed by atoms with E-state index in [0.29, 0.717) is 42.4 Å². The highest BCUT2D eigenvalue weighted by Gasteiger charge is 2.28. The van der Waals surface area contributed by atoms with Gasteiger partial charge in [-0.2, -0.15) is 4.98 Å². The molecule has 1 aliphatic rings. The van der Waals surface area contributed by atoms with Gasteiger partial charge in [0.15, 0.2) is 11.5 Å². The number of carbonyl (C=O) groups is 1. The second-order valence-corrected chi connectivity index (χ2v) is 8.46. The molecule has 158 valence electrons. The van der Waals surface area contributed by atoms with Gasteiger partial charge in [-0.25, -0.2) is 4.39 Å². The number of thiophene rings is 1. The normalized spacial score (nSPS) is 16.5. The van der Waals surface area contributed by atoms with Gasteiger partial charge in [0.25, 0.3) is 5.91 Å². The first-order chi connectivity index (χ1) is 15.2. The van der Waals surface area contributed by atoms with Crippen molar-refractivity contribution in [3.63, 3.8) is 0 Å². The number of hydrogen-bond acceptors (Lipinski definition) is 7. The first kappa shape index (κ1) is 19.6. The lowest BCUT2D eigenvalue weighted by molar-refractivity contribution is 0.0658. The van der Waals surface area contributed by atoms with Crippen molar-refractivity contribution in [2.75, 3.05) is 13.1 Å². The summed E-state index contributed by atoms with van der Waals surface area (Å²) in [6.45, 7) is 1.23. The van der Waals surface area contributed by atoms with E-state index in [1.165, 1.54) is 17.4 Å². The summed E-state index contributed by atoms with van der Waals surface area (Å²) in [5.41, 5.74) is 0.620. The molecular formula is C22H19FN4O3S. The summed E-state index contributed by atoms with van der Waals surface area (Å²) in [4.78, 5) is 20.0. The van der Waals surface area contributed by atoms with E-state index in [2.05, 4.69) is 15.3 Å². The van der Waals surface area contributed by atoms with E-state index < -0.39 is 0 Å². The quantitative estimate of drug-likeness (QED) is 0.450. The van der Waals surface area contributed by atoms with E-state index in [0.717, 1.165) is 17.7 Å². The molecule has 9 heteroatoms. The van der Waals surface area contributed by atoms with Crippen LogP contribution in [0.3, 0.4) is 0 Å². The number of hydrogen-bond donors (Lipinski definition) is 0. The fourth-order valence-electron chi connectivity index (χ4n) is 3.83. The zero-order chi connectivity index (χ0) is 21.2. The highest BCUT2D eigenvalue weighted by Crippen LogP contribution is 2.27. The van der Waals surface area contributed by atoms with Gasteiger partial charge in [-0.1, -0.05) is 28.5 Å². The molecule has 1 saturated heterocycles. The lowest BCUT2D eigenvalue weighted by Crippen LogP contribution is -2.40. The summed E-state index contributed by atoms with van der Waals surface area (Å²) in [5.74, 6) is 0.917. The predicted molar refractivity (Wildman–Crippen MR) is 112 cm³/mol. The minimum absolute atomic E-state index is 0.145. The molecule has 31 heavy (non-hydrogen) atoms. The molecule has 4 heterocycles. The predicted octanol–water partition coefficient (Wildman–Crippen LogP) is 4.69. The van der Waals surface area contributed by atoms with Crippen LogP contribution in [-0.4, -0.2) is 39.2 Å². The fourth-order valence-corrected chi connectivity index (χ4v) is 4.50. The number of likely N-dealkylation sites (tertiary alicyclic amines) is 1. The Kier molecular flexibility index (Phi) is 5.33. The van der Waals surface area contributed by atoms with Crippen LogP contribution in [-0.2, 0) is 6.42 Å². The number of rotatable bonds is 5. The summed E-state index contributed by atoms with van der Waals surface area (Å²) in [6.07, 6.45) is 2.35. The van der Waals surface area contributed by atoms with Gasteiger partial charge in [0.2, 0.25) is 11.7 Å². The van der Waals surface area contributed by atoms with E-state index in [1.807, 2.05) is 17.5 Å². The van der Waals surface area contributed by atoms with Crippen molar-refractivity contribution in [1.29, 1.82) is 0 Å². The summed E-state index contributed by atoms with van der Waals surface area (Å²) in [5, 5.41) is 9.83. The van der Waals surface area contributed by atoms with E-state index in [-0.39, 0.29) is 23.5 Å². The topological polar surface area (TPSA) is 85.3 Å². The minimum Gasteiger partial charge on any atom is -0.355 e. The molecule has 1 atom stereocenters. The lowest BCUT2D eigenvalue weighted by atomic mass is 9.94. The third-order valence-corrected chi connectivity index (χ3v) is 6.23. The molecule has 7 nitrogen and oxygen atoms in total. The number of benzene rings is 1. The third-order valence-electron chi connectivity index (χ3n) is 5.35. The SMILES string of the molecule is O=C(c1cc(-c2cccs2)on1)N1CCCC(Cc2nc(-c3ccccc3F)no2)C1. The number of nitrogens with zero attached hydrogens (tertiary/aromatic N) is 4. The molecule has 1 fully saturated rings. The average molecular weight is 438 g/mol. The van der Waals surface area contributed by atoms with Crippen LogP contribution in [0.2, 0.25) is 0 Å². The van der Waals surface area contributed by atoms with Crippen LogP contribution in [0.25, 0.3) is 22.0 Å². The molecule has 1 unspecified atom stereocenters. The molecule has 4 aromatic rings. The molecular weight excluding hydrogens is 419 g/mol. The first-order valence-electron chi connectivity index (χ1n) is 10.0. The second-order valence-electron chi connectivity index (χ2n) is 7.51. The highest BCUT2D eigenvalue weighted by molar-refractivity contribution is 7.13. The lowest BCUT2D eigenvalue weighted by Gasteiger charge is -2.31. The van der Waals surface area contributed by atoms with Gasteiger partial charge >= 0.3 is 0 Å². The summed E-state index contributed by atoms with van der Waals surface area (Å²) in [6, 6.07) is 11.9. The molecule has 1 aromatic carbocycles. The van der Waals surface area contributed by atoms with Gasteiger partial charge < -0.3 is 13.9 Å². The molecule has 0 saturated carbocycles. The monoisotopic (exact) mass is 438 g/mol. The van der Waals surface area contributed by atoms with Crippen molar-refractivity contribution < 1.29 is 18.2 Å². The zero-order valence-electron chi connectivity index (χ0n) is 16.5. The highest BCUT2D eigenvalue weighted by atomic mass is 32.1. The largest absolute Gasteiger partial charge is 0.355 e. The number of amides is 1. The van der Waals surface area contributed by atoms with Crippen LogP contribution in [0.1, 0.15) is 29.2 Å². The number of carbonyl (C=O) groups excluding carboxylic acids is 1. The van der Waals surface area contributed by atoms with Gasteiger partial charge in [-0.15, -0.1) is 11.3 Å². The van der Waals surface area contributed by atoms with Gasteiger partial charge in [-0.3, -0.25) is 4.79 Å². The Labute approximate surface area is 181 Å². The first-order valence-corrected chi connectivity index (χ1v) is 10.9. The molecule has 5 rings (SSSR count). The molecule has 0 N–H and O–H groups in total. The van der Waals surface area contributed by atoms with Crippen molar-refractivity contribution in [2.45, 2.75) is 19.3 Å². The maximum atomic E-state index is 14.0. The number of aromatic nitrogens is 3. The fraction of sp³-hybridized carbons (Fsp3) is 0.273. The van der Waals surface area contributed by atoms with Crippen molar-refractivity contribution >= 4 is 17.2 Å². The maximum absolute atomic E-state index is 14.0. The van der Waals surface area contributed by atoms with Crippen molar-refractivity contribution in [3.05, 3.63) is 65.2 Å². The summed E-state index contributed by atoms with van der Waals surface area (Å²) in [7, 11) is 0. The van der Waals surface area contributed by atoms with Crippen molar-refractivity contribution in [2.24, 2.45) is 5.92 Å². The molecule has 1 aliphatic heterocycles. The van der Waals surface area contributed by atoms with Gasteiger partial charge in [0.1, 0.15) is 5.82 Å². The Morgan fingerprint density at radius 3 is 2.94 bits per heavy atom. The number of piperidine rings is 1. The van der Waals surface area contributed by atoms with Crippen LogP contribution in [0.15, 0.2) is 56.9 Å². The third kappa shape index (κ3) is 4.13. The van der Waals surface area contributed by atoms with Crippen LogP contribution in [0, 0.1) is 11.7 Å². The molecule has 1 amide bonds. The number of halogens is 1. The average Bonchev–Trinajstić information content (AvgIpc) is 3.55. The van der Waals surface area contributed by atoms with Crippen LogP contribution in [0.5, 0.6) is 0 Å². The molecule has 0 bridgehead atoms. The van der Waals surface area contributed by atoms with Gasteiger partial charge in [-0.05, 0) is 42.3 Å². The van der Waals surface area contributed by atoms with Gasteiger partial charge in [0.05, 0.1) is 10.4 Å². The molecule has 0 aliphatic carbocycles. The van der Waals surface area contributed by atoms with Crippen LogP contribution >= 0.6 is 11.3 Å².